The van der Waals surface area contributed by atoms with Crippen molar-refractivity contribution in [3.8, 4) is 28.7 Å². The van der Waals surface area contributed by atoms with Gasteiger partial charge in [-0.15, -0.1) is 0 Å². The molecule has 0 unspecified atom stereocenters. The Morgan fingerprint density at radius 3 is 2.08 bits per heavy atom. The van der Waals surface area contributed by atoms with Gasteiger partial charge in [-0.25, -0.2) is 0 Å². The molecule has 2 aromatic rings. The lowest BCUT2D eigenvalue weighted by Gasteiger charge is -2.21. The minimum absolute atomic E-state index is 0.589. The van der Waals surface area contributed by atoms with Crippen molar-refractivity contribution < 1.29 is 4.74 Å². The van der Waals surface area contributed by atoms with E-state index in [2.05, 4.69) is 62.1 Å². The molecule has 1 aliphatic rings. The molecule has 0 atom stereocenters. The predicted molar refractivity (Wildman–Crippen MR) is 106 cm³/mol. The van der Waals surface area contributed by atoms with E-state index < -0.39 is 0 Å². The van der Waals surface area contributed by atoms with Crippen LogP contribution in [0.5, 0.6) is 5.75 Å². The first-order valence-corrected chi connectivity index (χ1v) is 9.59. The van der Waals surface area contributed by atoms with Crippen LogP contribution in [-0.4, -0.2) is 6.61 Å². The van der Waals surface area contributed by atoms with Crippen molar-refractivity contribution in [3.63, 3.8) is 0 Å². The van der Waals surface area contributed by atoms with E-state index >= 15 is 0 Å². The third kappa shape index (κ3) is 5.13. The summed E-state index contributed by atoms with van der Waals surface area (Å²) in [6.07, 6.45) is 6.22. The van der Waals surface area contributed by atoms with Gasteiger partial charge in [-0.05, 0) is 73.4 Å². The van der Waals surface area contributed by atoms with E-state index in [1.54, 1.807) is 0 Å². The summed E-state index contributed by atoms with van der Waals surface area (Å²) in [5, 5.41) is 0. The largest absolute Gasteiger partial charge is 0.494 e. The number of benzene rings is 2. The van der Waals surface area contributed by atoms with Crippen LogP contribution < -0.4 is 4.74 Å². The van der Waals surface area contributed by atoms with Gasteiger partial charge >= 0.3 is 0 Å². The molecule has 3 rings (SSSR count). The maximum absolute atomic E-state index is 5.64. The molecule has 2 aromatic carbocycles. The van der Waals surface area contributed by atoms with Gasteiger partial charge in [0.1, 0.15) is 5.75 Å². The highest BCUT2D eigenvalue weighted by Gasteiger charge is 2.15. The van der Waals surface area contributed by atoms with E-state index in [-0.39, 0.29) is 0 Å². The highest BCUT2D eigenvalue weighted by molar-refractivity contribution is 5.65. The van der Waals surface area contributed by atoms with Crippen LogP contribution in [0.15, 0.2) is 48.5 Å². The van der Waals surface area contributed by atoms with Gasteiger partial charge in [0.05, 0.1) is 6.61 Å². The Hall–Kier alpha value is -2.20. The maximum atomic E-state index is 5.64. The first kappa shape index (κ1) is 17.6. The van der Waals surface area contributed by atoms with Gasteiger partial charge in [0.15, 0.2) is 0 Å². The zero-order valence-electron chi connectivity index (χ0n) is 15.4. The van der Waals surface area contributed by atoms with Crippen LogP contribution >= 0.6 is 0 Å². The van der Waals surface area contributed by atoms with E-state index in [4.69, 9.17) is 4.74 Å². The molecule has 0 saturated heterocycles. The van der Waals surface area contributed by atoms with Crippen LogP contribution in [0.4, 0.5) is 0 Å². The van der Waals surface area contributed by atoms with Gasteiger partial charge in [0.25, 0.3) is 0 Å². The molecule has 0 spiro atoms. The van der Waals surface area contributed by atoms with Gasteiger partial charge in [-0.3, -0.25) is 0 Å². The van der Waals surface area contributed by atoms with E-state index in [0.717, 1.165) is 30.3 Å². The molecular weight excluding hydrogens is 304 g/mol. The Morgan fingerprint density at radius 2 is 1.48 bits per heavy atom. The number of rotatable bonds is 4. The van der Waals surface area contributed by atoms with Crippen LogP contribution in [0.2, 0.25) is 0 Å². The molecule has 1 fully saturated rings. The van der Waals surface area contributed by atoms with E-state index in [1.165, 1.54) is 36.8 Å². The fourth-order valence-electron chi connectivity index (χ4n) is 3.30. The Bertz CT molecular complexity index is 707. The van der Waals surface area contributed by atoms with E-state index in [1.807, 2.05) is 12.1 Å². The zero-order valence-corrected chi connectivity index (χ0v) is 15.4. The number of hydrogen-bond acceptors (Lipinski definition) is 1. The number of hydrogen-bond donors (Lipinski definition) is 0. The Kier molecular flexibility index (Phi) is 6.18. The lowest BCUT2D eigenvalue weighted by atomic mass is 9.83. The average Bonchev–Trinajstić information content (AvgIpc) is 2.67. The normalized spacial score (nSPS) is 19.8. The molecule has 130 valence electrons. The summed E-state index contributed by atoms with van der Waals surface area (Å²) >= 11 is 0. The van der Waals surface area contributed by atoms with Crippen LogP contribution in [-0.2, 0) is 0 Å². The van der Waals surface area contributed by atoms with Gasteiger partial charge in [-0.2, -0.15) is 0 Å². The SMILES string of the molecule is CCCOc1ccc(-c2ccc(C#CC3CCC(C)CC3)cc2)cc1. The van der Waals surface area contributed by atoms with E-state index in [9.17, 15) is 0 Å². The van der Waals surface area contributed by atoms with Crippen molar-refractivity contribution in [2.45, 2.75) is 46.0 Å². The molecule has 0 aliphatic heterocycles. The average molecular weight is 332 g/mol. The van der Waals surface area contributed by atoms with Gasteiger partial charge in [0, 0.05) is 11.5 Å². The van der Waals surface area contributed by atoms with Gasteiger partial charge in [-0.1, -0.05) is 50.0 Å². The fraction of sp³-hybridized carbons (Fsp3) is 0.417. The first-order valence-electron chi connectivity index (χ1n) is 9.59. The second-order valence-electron chi connectivity index (χ2n) is 7.18. The Labute approximate surface area is 152 Å². The van der Waals surface area contributed by atoms with Crippen LogP contribution in [0.25, 0.3) is 11.1 Å². The van der Waals surface area contributed by atoms with Crippen molar-refractivity contribution >= 4 is 0 Å². The highest BCUT2D eigenvalue weighted by atomic mass is 16.5. The third-order valence-corrected chi connectivity index (χ3v) is 4.98. The quantitative estimate of drug-likeness (QED) is 0.595. The van der Waals surface area contributed by atoms with Gasteiger partial charge < -0.3 is 4.74 Å². The minimum atomic E-state index is 0.589. The van der Waals surface area contributed by atoms with Crippen molar-refractivity contribution in [2.24, 2.45) is 11.8 Å². The summed E-state index contributed by atoms with van der Waals surface area (Å²) in [5.74, 6) is 9.26. The number of ether oxygens (including phenoxy) is 1. The van der Waals surface area contributed by atoms with Crippen molar-refractivity contribution in [2.75, 3.05) is 6.61 Å². The molecule has 1 saturated carbocycles. The summed E-state index contributed by atoms with van der Waals surface area (Å²) in [7, 11) is 0. The standard InChI is InChI=1S/C24H28O/c1-3-18-25-24-16-14-23(15-17-24)22-12-10-21(11-13-22)9-8-20-6-4-19(2)5-7-20/h10-17,19-20H,3-7,18H2,1-2H3. The molecule has 0 heterocycles. The monoisotopic (exact) mass is 332 g/mol. The molecule has 0 bridgehead atoms. The Morgan fingerprint density at radius 1 is 0.880 bits per heavy atom. The smallest absolute Gasteiger partial charge is 0.119 e. The summed E-state index contributed by atoms with van der Waals surface area (Å²) < 4.78 is 5.64. The van der Waals surface area contributed by atoms with Gasteiger partial charge in [0.2, 0.25) is 0 Å². The minimum Gasteiger partial charge on any atom is -0.494 e. The lowest BCUT2D eigenvalue weighted by molar-refractivity contribution is 0.317. The summed E-state index contributed by atoms with van der Waals surface area (Å²) in [6.45, 7) is 5.24. The molecule has 0 radical (unpaired) electrons. The molecule has 0 N–H and O–H groups in total. The second kappa shape index (κ2) is 8.77. The second-order valence-corrected chi connectivity index (χ2v) is 7.18. The lowest BCUT2D eigenvalue weighted by Crippen LogP contribution is -2.10. The van der Waals surface area contributed by atoms with Crippen LogP contribution in [0.1, 0.15) is 51.5 Å². The molecule has 1 aliphatic carbocycles. The molecule has 0 amide bonds. The third-order valence-electron chi connectivity index (χ3n) is 4.98. The summed E-state index contributed by atoms with van der Waals surface area (Å²) in [5.41, 5.74) is 3.55. The van der Waals surface area contributed by atoms with Crippen molar-refractivity contribution in [3.05, 3.63) is 54.1 Å². The maximum Gasteiger partial charge on any atom is 0.119 e. The Balaban J connectivity index is 1.62. The molecule has 0 aromatic heterocycles. The van der Waals surface area contributed by atoms with Crippen LogP contribution in [0, 0.1) is 23.7 Å². The van der Waals surface area contributed by atoms with Crippen LogP contribution in [0.3, 0.4) is 0 Å². The molecular formula is C24H28O. The fourth-order valence-corrected chi connectivity index (χ4v) is 3.30. The molecule has 25 heavy (non-hydrogen) atoms. The topological polar surface area (TPSA) is 9.23 Å². The zero-order chi connectivity index (χ0) is 17.5. The summed E-state index contributed by atoms with van der Waals surface area (Å²) in [6, 6.07) is 16.9. The summed E-state index contributed by atoms with van der Waals surface area (Å²) in [4.78, 5) is 0. The van der Waals surface area contributed by atoms with Crippen molar-refractivity contribution in [1.82, 2.24) is 0 Å². The molecule has 1 heteroatoms. The predicted octanol–water partition coefficient (Wildman–Crippen LogP) is 6.32. The van der Waals surface area contributed by atoms with Crippen molar-refractivity contribution in [1.29, 1.82) is 0 Å². The first-order chi connectivity index (χ1) is 12.2. The molecule has 1 nitrogen and oxygen atoms in total. The van der Waals surface area contributed by atoms with E-state index in [0.29, 0.717) is 5.92 Å². The highest BCUT2D eigenvalue weighted by Crippen LogP contribution is 2.28.